The molecule has 8 heteroatoms. The Balaban J connectivity index is 2.50. The van der Waals surface area contributed by atoms with E-state index in [1.54, 1.807) is 11.8 Å². The Morgan fingerprint density at radius 3 is 1.93 bits per heavy atom. The standard InChI is InChI=1S/C20H42O5SSi2/c1-13(2)27(14(3)4)22-11-18-20(19(17(9)23-18)21-12-26-10)24-28(25-27,15(5)6)16(7)8/h13-20H,11-12H2,1-10H3/t17-,18+,19+,20?/m0/s1. The quantitative estimate of drug-likeness (QED) is 0.380. The second kappa shape index (κ2) is 9.81. The van der Waals surface area contributed by atoms with Crippen LogP contribution in [0.25, 0.3) is 0 Å². The van der Waals surface area contributed by atoms with Crippen molar-refractivity contribution in [3.63, 3.8) is 0 Å². The van der Waals surface area contributed by atoms with Gasteiger partial charge in [0.1, 0.15) is 18.3 Å². The van der Waals surface area contributed by atoms with E-state index in [0.717, 1.165) is 0 Å². The van der Waals surface area contributed by atoms with E-state index in [1.165, 1.54) is 0 Å². The fraction of sp³-hybridized carbons (Fsp3) is 1.00. The van der Waals surface area contributed by atoms with Gasteiger partial charge in [0.25, 0.3) is 0 Å². The SMILES string of the molecule is CSCO[C@H]1C2O[Si](C(C)C)(C(C)C)O[Si](C(C)C)(C(C)C)OC[C@H]2O[C@H]1C. The van der Waals surface area contributed by atoms with Gasteiger partial charge in [0.2, 0.25) is 0 Å². The lowest BCUT2D eigenvalue weighted by Crippen LogP contribution is -2.66. The van der Waals surface area contributed by atoms with Gasteiger partial charge in [-0.2, -0.15) is 0 Å². The van der Waals surface area contributed by atoms with Gasteiger partial charge in [-0.25, -0.2) is 0 Å². The highest BCUT2D eigenvalue weighted by atomic mass is 32.2. The lowest BCUT2D eigenvalue weighted by atomic mass is 10.1. The predicted octanol–water partition coefficient (Wildman–Crippen LogP) is 5.44. The van der Waals surface area contributed by atoms with Crippen LogP contribution in [0.2, 0.25) is 22.2 Å². The fourth-order valence-electron chi connectivity index (χ4n) is 4.70. The molecule has 0 bridgehead atoms. The molecule has 1 unspecified atom stereocenters. The van der Waals surface area contributed by atoms with Crippen LogP contribution in [-0.2, 0) is 22.4 Å². The molecule has 0 aromatic rings. The molecule has 166 valence electrons. The van der Waals surface area contributed by atoms with Gasteiger partial charge in [-0.05, 0) is 35.3 Å². The van der Waals surface area contributed by atoms with Crippen LogP contribution in [0.3, 0.4) is 0 Å². The molecule has 0 N–H and O–H groups in total. The molecule has 2 heterocycles. The normalized spacial score (nSPS) is 32.8. The highest BCUT2D eigenvalue weighted by Gasteiger charge is 2.61. The number of ether oxygens (including phenoxy) is 2. The van der Waals surface area contributed by atoms with Crippen molar-refractivity contribution in [1.29, 1.82) is 0 Å². The third-order valence-electron chi connectivity index (χ3n) is 6.25. The summed E-state index contributed by atoms with van der Waals surface area (Å²) in [4.78, 5) is 0. The monoisotopic (exact) mass is 450 g/mol. The summed E-state index contributed by atoms with van der Waals surface area (Å²) in [6, 6.07) is 0. The first-order valence-electron chi connectivity index (χ1n) is 10.8. The number of fused-ring (bicyclic) bond motifs is 1. The third kappa shape index (κ3) is 4.59. The maximum Gasteiger partial charge on any atom is 0.335 e. The molecular weight excluding hydrogens is 408 g/mol. The molecule has 0 spiro atoms. The summed E-state index contributed by atoms with van der Waals surface area (Å²) in [5.74, 6) is 0.640. The molecule has 2 aliphatic rings. The summed E-state index contributed by atoms with van der Waals surface area (Å²) in [6.07, 6.45) is 1.73. The zero-order chi connectivity index (χ0) is 21.3. The summed E-state index contributed by atoms with van der Waals surface area (Å²) >= 11 is 1.68. The highest BCUT2D eigenvalue weighted by Crippen LogP contribution is 2.47. The zero-order valence-electron chi connectivity index (χ0n) is 19.5. The van der Waals surface area contributed by atoms with Crippen molar-refractivity contribution in [2.75, 3.05) is 18.8 Å². The van der Waals surface area contributed by atoms with Crippen LogP contribution >= 0.6 is 11.8 Å². The van der Waals surface area contributed by atoms with Crippen molar-refractivity contribution in [3.8, 4) is 0 Å². The maximum absolute atomic E-state index is 7.23. The molecule has 28 heavy (non-hydrogen) atoms. The molecule has 0 radical (unpaired) electrons. The minimum Gasteiger partial charge on any atom is -0.414 e. The van der Waals surface area contributed by atoms with Crippen molar-refractivity contribution in [2.24, 2.45) is 0 Å². The summed E-state index contributed by atoms with van der Waals surface area (Å²) < 4.78 is 33.5. The minimum atomic E-state index is -2.61. The van der Waals surface area contributed by atoms with Gasteiger partial charge in [0.15, 0.2) is 0 Å². The Morgan fingerprint density at radius 2 is 1.46 bits per heavy atom. The van der Waals surface area contributed by atoms with E-state index in [-0.39, 0.29) is 24.4 Å². The van der Waals surface area contributed by atoms with Crippen LogP contribution in [0.4, 0.5) is 0 Å². The van der Waals surface area contributed by atoms with Crippen molar-refractivity contribution in [2.45, 2.75) is 109 Å². The highest BCUT2D eigenvalue weighted by molar-refractivity contribution is 7.98. The van der Waals surface area contributed by atoms with E-state index in [2.05, 4.69) is 68.6 Å². The van der Waals surface area contributed by atoms with E-state index in [9.17, 15) is 0 Å². The lowest BCUT2D eigenvalue weighted by molar-refractivity contribution is -0.0391. The number of thioether (sulfide) groups is 1. The summed E-state index contributed by atoms with van der Waals surface area (Å²) in [6.45, 7) is 20.6. The molecule has 4 atom stereocenters. The molecule has 0 aliphatic carbocycles. The molecule has 2 saturated heterocycles. The number of rotatable bonds is 7. The van der Waals surface area contributed by atoms with E-state index in [1.807, 2.05) is 0 Å². The molecule has 0 aromatic heterocycles. The molecule has 0 saturated carbocycles. The van der Waals surface area contributed by atoms with Gasteiger partial charge in [0.05, 0.1) is 18.6 Å². The van der Waals surface area contributed by atoms with Crippen LogP contribution in [0.1, 0.15) is 62.3 Å². The Morgan fingerprint density at radius 1 is 0.929 bits per heavy atom. The largest absolute Gasteiger partial charge is 0.414 e. The molecule has 2 aliphatic heterocycles. The third-order valence-corrected chi connectivity index (χ3v) is 16.9. The lowest BCUT2D eigenvalue weighted by Gasteiger charge is -2.51. The van der Waals surface area contributed by atoms with Crippen molar-refractivity contribution < 1.29 is 22.4 Å². The maximum atomic E-state index is 7.23. The first-order valence-corrected chi connectivity index (χ1v) is 16.1. The van der Waals surface area contributed by atoms with Gasteiger partial charge in [-0.3, -0.25) is 0 Å². The van der Waals surface area contributed by atoms with Crippen molar-refractivity contribution in [1.82, 2.24) is 0 Å². The second-order valence-corrected chi connectivity index (χ2v) is 19.1. The smallest absolute Gasteiger partial charge is 0.335 e. The van der Waals surface area contributed by atoms with Gasteiger partial charge >= 0.3 is 17.1 Å². The average molecular weight is 451 g/mol. The van der Waals surface area contributed by atoms with Crippen molar-refractivity contribution >= 4 is 28.9 Å². The molecule has 2 rings (SSSR count). The van der Waals surface area contributed by atoms with Crippen LogP contribution in [0.15, 0.2) is 0 Å². The molecule has 5 nitrogen and oxygen atoms in total. The van der Waals surface area contributed by atoms with E-state index < -0.39 is 17.1 Å². The first-order chi connectivity index (χ1) is 13.0. The van der Waals surface area contributed by atoms with Crippen molar-refractivity contribution in [3.05, 3.63) is 0 Å². The minimum absolute atomic E-state index is 0.0101. The van der Waals surface area contributed by atoms with Gasteiger partial charge in [-0.15, -0.1) is 11.8 Å². The predicted molar refractivity (Wildman–Crippen MR) is 121 cm³/mol. The first kappa shape index (κ1) is 24.8. The molecule has 0 aromatic carbocycles. The van der Waals surface area contributed by atoms with E-state index >= 15 is 0 Å². The van der Waals surface area contributed by atoms with Crippen LogP contribution < -0.4 is 0 Å². The average Bonchev–Trinajstić information content (AvgIpc) is 2.86. The van der Waals surface area contributed by atoms with Crippen LogP contribution in [0, 0.1) is 0 Å². The second-order valence-electron chi connectivity index (χ2n) is 9.47. The summed E-state index contributed by atoms with van der Waals surface area (Å²) in [7, 11) is -5.11. The Labute approximate surface area is 179 Å². The van der Waals surface area contributed by atoms with Gasteiger partial charge < -0.3 is 22.4 Å². The van der Waals surface area contributed by atoms with Crippen LogP contribution in [0.5, 0.6) is 0 Å². The number of hydrogen-bond acceptors (Lipinski definition) is 6. The fourth-order valence-corrected chi connectivity index (χ4v) is 16.2. The zero-order valence-corrected chi connectivity index (χ0v) is 22.3. The molecular formula is C20H42O5SSi2. The van der Waals surface area contributed by atoms with Crippen LogP contribution in [-0.4, -0.2) is 60.3 Å². The van der Waals surface area contributed by atoms with E-state index in [0.29, 0.717) is 34.7 Å². The Hall–Kier alpha value is 0.584. The Bertz CT molecular complexity index is 487. The van der Waals surface area contributed by atoms with E-state index in [4.69, 9.17) is 22.4 Å². The number of hydrogen-bond donors (Lipinski definition) is 0. The van der Waals surface area contributed by atoms with Gasteiger partial charge in [-0.1, -0.05) is 55.4 Å². The molecule has 0 amide bonds. The van der Waals surface area contributed by atoms with Gasteiger partial charge in [0, 0.05) is 0 Å². The molecule has 2 fully saturated rings. The Kier molecular flexibility index (Phi) is 8.70. The summed E-state index contributed by atoms with van der Waals surface area (Å²) in [5.41, 5.74) is 1.33. The summed E-state index contributed by atoms with van der Waals surface area (Å²) in [5, 5.41) is 0. The topological polar surface area (TPSA) is 46.2 Å².